The van der Waals surface area contributed by atoms with Crippen molar-refractivity contribution in [3.8, 4) is 11.5 Å². The number of rotatable bonds is 1. The number of benzene rings is 4. The Hall–Kier alpha value is -3.13. The van der Waals surface area contributed by atoms with E-state index < -0.39 is 0 Å². The molecule has 0 saturated carbocycles. The van der Waals surface area contributed by atoms with Crippen LogP contribution in [-0.4, -0.2) is 4.98 Å². The number of fused-ring (bicyclic) bond motifs is 6. The molecule has 0 aliphatic carbocycles. The van der Waals surface area contributed by atoms with Gasteiger partial charge in [0, 0.05) is 16.3 Å². The maximum absolute atomic E-state index is 6.27. The maximum atomic E-state index is 6.27. The highest BCUT2D eigenvalue weighted by Gasteiger charge is 2.15. The topological polar surface area (TPSA) is 26.0 Å². The summed E-state index contributed by atoms with van der Waals surface area (Å²) in [6.45, 7) is 4.20. The zero-order valence-corrected chi connectivity index (χ0v) is 14.2. The van der Waals surface area contributed by atoms with Crippen molar-refractivity contribution in [2.45, 2.75) is 13.8 Å². The molecule has 0 spiro atoms. The predicted molar refractivity (Wildman–Crippen MR) is 104 cm³/mol. The first-order chi connectivity index (χ1) is 12.2. The number of hydrogen-bond donors (Lipinski definition) is 0. The molecule has 0 aliphatic heterocycles. The van der Waals surface area contributed by atoms with Crippen molar-refractivity contribution in [2.75, 3.05) is 0 Å². The van der Waals surface area contributed by atoms with Crippen molar-refractivity contribution in [1.82, 2.24) is 4.98 Å². The predicted octanol–water partition coefficient (Wildman–Crippen LogP) is 6.42. The highest BCUT2D eigenvalue weighted by Crippen LogP contribution is 2.37. The average Bonchev–Trinajstić information content (AvgIpc) is 3.07. The molecular weight excluding hydrogens is 306 g/mol. The summed E-state index contributed by atoms with van der Waals surface area (Å²) in [5.41, 5.74) is 5.26. The molecule has 2 nitrogen and oxygen atoms in total. The van der Waals surface area contributed by atoms with Gasteiger partial charge in [0.05, 0.1) is 0 Å². The molecule has 0 saturated heterocycles. The zero-order chi connectivity index (χ0) is 17.0. The lowest BCUT2D eigenvalue weighted by Crippen LogP contribution is -1.83. The Bertz CT molecular complexity index is 1170. The number of aromatic nitrogens is 1. The van der Waals surface area contributed by atoms with Crippen LogP contribution < -0.4 is 0 Å². The van der Waals surface area contributed by atoms with Gasteiger partial charge in [0.1, 0.15) is 5.52 Å². The van der Waals surface area contributed by atoms with E-state index >= 15 is 0 Å². The second-order valence-corrected chi connectivity index (χ2v) is 6.66. The van der Waals surface area contributed by atoms with Gasteiger partial charge in [0.2, 0.25) is 5.89 Å². The van der Waals surface area contributed by atoms with E-state index in [0.29, 0.717) is 5.89 Å². The molecular formula is C23H17NO. The molecule has 0 fully saturated rings. The van der Waals surface area contributed by atoms with Gasteiger partial charge in [-0.05, 0) is 36.8 Å². The van der Waals surface area contributed by atoms with Crippen LogP contribution in [0.15, 0.2) is 71.1 Å². The second-order valence-electron chi connectivity index (χ2n) is 6.66. The first-order valence-electron chi connectivity index (χ1n) is 8.49. The summed E-state index contributed by atoms with van der Waals surface area (Å²) in [5, 5.41) is 4.66. The van der Waals surface area contributed by atoms with E-state index in [-0.39, 0.29) is 0 Å². The van der Waals surface area contributed by atoms with Crippen LogP contribution in [0, 0.1) is 13.8 Å². The molecule has 4 aromatic carbocycles. The highest BCUT2D eigenvalue weighted by molar-refractivity contribution is 6.22. The summed E-state index contributed by atoms with van der Waals surface area (Å²) in [5.74, 6) is 0.684. The van der Waals surface area contributed by atoms with E-state index in [0.717, 1.165) is 27.4 Å². The van der Waals surface area contributed by atoms with Crippen molar-refractivity contribution in [2.24, 2.45) is 0 Å². The molecule has 0 bridgehead atoms. The number of aryl methyl sites for hydroxylation is 2. The van der Waals surface area contributed by atoms with Crippen LogP contribution in [0.2, 0.25) is 0 Å². The van der Waals surface area contributed by atoms with Crippen LogP contribution in [0.25, 0.3) is 44.1 Å². The molecule has 0 amide bonds. The van der Waals surface area contributed by atoms with Crippen molar-refractivity contribution >= 4 is 32.6 Å². The molecule has 0 radical (unpaired) electrons. The van der Waals surface area contributed by atoms with Gasteiger partial charge in [-0.2, -0.15) is 0 Å². The fourth-order valence-corrected chi connectivity index (χ4v) is 3.75. The molecule has 5 rings (SSSR count). The number of nitrogens with zero attached hydrogens (tertiary/aromatic N) is 1. The standard InChI is InChI=1S/C23H17NO/c1-14-11-15(2)13-16(12-14)23-24-21-19-9-5-3-7-17(19)18-8-4-6-10-20(18)22(21)25-23/h3-13H,1-2H3. The molecule has 25 heavy (non-hydrogen) atoms. The lowest BCUT2D eigenvalue weighted by molar-refractivity contribution is 0.623. The molecule has 1 heterocycles. The van der Waals surface area contributed by atoms with Crippen LogP contribution in [0.3, 0.4) is 0 Å². The Morgan fingerprint density at radius 1 is 0.680 bits per heavy atom. The summed E-state index contributed by atoms with van der Waals surface area (Å²) < 4.78 is 6.27. The summed E-state index contributed by atoms with van der Waals surface area (Å²) in [6, 6.07) is 23.2. The summed E-state index contributed by atoms with van der Waals surface area (Å²) >= 11 is 0. The molecule has 0 unspecified atom stereocenters. The largest absolute Gasteiger partial charge is 0.435 e. The number of oxazole rings is 1. The molecule has 2 heteroatoms. The molecule has 0 atom stereocenters. The Kier molecular flexibility index (Phi) is 2.95. The lowest BCUT2D eigenvalue weighted by Gasteiger charge is -2.04. The van der Waals surface area contributed by atoms with E-state index in [9.17, 15) is 0 Å². The van der Waals surface area contributed by atoms with Gasteiger partial charge in [-0.1, -0.05) is 65.7 Å². The third kappa shape index (κ3) is 2.14. The average molecular weight is 323 g/mol. The first kappa shape index (κ1) is 14.2. The maximum Gasteiger partial charge on any atom is 0.227 e. The van der Waals surface area contributed by atoms with Gasteiger partial charge in [-0.15, -0.1) is 0 Å². The SMILES string of the molecule is Cc1cc(C)cc(-c2nc3c4ccccc4c4ccccc4c3o2)c1. The van der Waals surface area contributed by atoms with Crippen molar-refractivity contribution in [1.29, 1.82) is 0 Å². The van der Waals surface area contributed by atoms with Gasteiger partial charge in [0.15, 0.2) is 5.58 Å². The van der Waals surface area contributed by atoms with Crippen LogP contribution in [-0.2, 0) is 0 Å². The minimum atomic E-state index is 0.684. The molecule has 120 valence electrons. The van der Waals surface area contributed by atoms with Crippen LogP contribution in [0.1, 0.15) is 11.1 Å². The van der Waals surface area contributed by atoms with Crippen molar-refractivity contribution in [3.63, 3.8) is 0 Å². The minimum absolute atomic E-state index is 0.684. The van der Waals surface area contributed by atoms with E-state index in [1.165, 1.54) is 21.9 Å². The van der Waals surface area contributed by atoms with E-state index in [1.54, 1.807) is 0 Å². The summed E-state index contributed by atoms with van der Waals surface area (Å²) in [6.07, 6.45) is 0. The highest BCUT2D eigenvalue weighted by atomic mass is 16.3. The van der Waals surface area contributed by atoms with Gasteiger partial charge in [0.25, 0.3) is 0 Å². The van der Waals surface area contributed by atoms with E-state index in [4.69, 9.17) is 9.40 Å². The van der Waals surface area contributed by atoms with Gasteiger partial charge < -0.3 is 4.42 Å². The zero-order valence-electron chi connectivity index (χ0n) is 14.2. The van der Waals surface area contributed by atoms with E-state index in [2.05, 4.69) is 80.6 Å². The Morgan fingerprint density at radius 3 is 1.92 bits per heavy atom. The Balaban J connectivity index is 1.94. The van der Waals surface area contributed by atoms with E-state index in [1.807, 2.05) is 0 Å². The van der Waals surface area contributed by atoms with Gasteiger partial charge in [-0.3, -0.25) is 0 Å². The summed E-state index contributed by atoms with van der Waals surface area (Å²) in [7, 11) is 0. The molecule has 5 aromatic rings. The van der Waals surface area contributed by atoms with Gasteiger partial charge in [-0.25, -0.2) is 4.98 Å². The Morgan fingerprint density at radius 2 is 1.24 bits per heavy atom. The van der Waals surface area contributed by atoms with Crippen molar-refractivity contribution in [3.05, 3.63) is 77.9 Å². The molecule has 0 aliphatic rings. The minimum Gasteiger partial charge on any atom is -0.435 e. The first-order valence-corrected chi connectivity index (χ1v) is 8.49. The molecule has 1 aromatic heterocycles. The Labute approximate surface area is 145 Å². The fourth-order valence-electron chi connectivity index (χ4n) is 3.75. The fraction of sp³-hybridized carbons (Fsp3) is 0.0870. The molecule has 0 N–H and O–H groups in total. The van der Waals surface area contributed by atoms with Gasteiger partial charge >= 0.3 is 0 Å². The smallest absolute Gasteiger partial charge is 0.227 e. The third-order valence-corrected chi connectivity index (χ3v) is 4.74. The summed E-state index contributed by atoms with van der Waals surface area (Å²) in [4.78, 5) is 4.88. The van der Waals surface area contributed by atoms with Crippen LogP contribution in [0.4, 0.5) is 0 Å². The quantitative estimate of drug-likeness (QED) is 0.333. The van der Waals surface area contributed by atoms with Crippen molar-refractivity contribution < 1.29 is 4.42 Å². The normalized spacial score (nSPS) is 11.6. The monoisotopic (exact) mass is 323 g/mol. The van der Waals surface area contributed by atoms with Crippen LogP contribution >= 0.6 is 0 Å². The third-order valence-electron chi connectivity index (χ3n) is 4.74. The number of hydrogen-bond acceptors (Lipinski definition) is 2. The second kappa shape index (κ2) is 5.18. The van der Waals surface area contributed by atoms with Crippen LogP contribution in [0.5, 0.6) is 0 Å². The lowest BCUT2D eigenvalue weighted by atomic mass is 10.0.